The van der Waals surface area contributed by atoms with Crippen LogP contribution in [0.3, 0.4) is 0 Å². The zero-order valence-corrected chi connectivity index (χ0v) is 17.9. The summed E-state index contributed by atoms with van der Waals surface area (Å²) >= 11 is 5.28. The molecule has 0 bridgehead atoms. The summed E-state index contributed by atoms with van der Waals surface area (Å²) in [6, 6.07) is 13.9. The van der Waals surface area contributed by atoms with Crippen molar-refractivity contribution in [1.82, 2.24) is 10.6 Å². The number of rotatable bonds is 10. The van der Waals surface area contributed by atoms with Crippen LogP contribution in [-0.2, 0) is 0 Å². The highest BCUT2D eigenvalue weighted by atomic mass is 32.1. The lowest BCUT2D eigenvalue weighted by molar-refractivity contribution is 0.0955. The number of thiocarbonyl (C=S) groups is 1. The van der Waals surface area contributed by atoms with Crippen LogP contribution in [0.25, 0.3) is 0 Å². The summed E-state index contributed by atoms with van der Waals surface area (Å²) in [6.07, 6.45) is 4.69. The number of carbonyl (C=O) groups excluding carboxylic acids is 2. The lowest BCUT2D eigenvalue weighted by Gasteiger charge is -2.15. The highest BCUT2D eigenvalue weighted by Gasteiger charge is 2.15. The third-order valence-corrected chi connectivity index (χ3v) is 4.40. The first-order valence-corrected chi connectivity index (χ1v) is 10.3. The number of hydrogen-bond donors (Lipinski definition) is 3. The average molecular weight is 426 g/mol. The SMILES string of the molecule is C=CCNC(=O)c1ccccc1NC(=S)NC(=O)c1ccccc1OCCCCC. The van der Waals surface area contributed by atoms with E-state index < -0.39 is 0 Å². The van der Waals surface area contributed by atoms with Crippen molar-refractivity contribution in [3.63, 3.8) is 0 Å². The van der Waals surface area contributed by atoms with Gasteiger partial charge in [0.2, 0.25) is 0 Å². The van der Waals surface area contributed by atoms with Crippen molar-refractivity contribution in [2.24, 2.45) is 0 Å². The van der Waals surface area contributed by atoms with Crippen LogP contribution in [0.1, 0.15) is 46.9 Å². The molecule has 30 heavy (non-hydrogen) atoms. The van der Waals surface area contributed by atoms with Gasteiger partial charge in [-0.25, -0.2) is 0 Å². The van der Waals surface area contributed by atoms with Crippen molar-refractivity contribution in [3.8, 4) is 5.75 Å². The van der Waals surface area contributed by atoms with Gasteiger partial charge in [-0.3, -0.25) is 14.9 Å². The van der Waals surface area contributed by atoms with Crippen molar-refractivity contribution in [1.29, 1.82) is 0 Å². The Morgan fingerprint density at radius 2 is 1.73 bits per heavy atom. The summed E-state index contributed by atoms with van der Waals surface area (Å²) < 4.78 is 5.76. The van der Waals surface area contributed by atoms with E-state index in [-0.39, 0.29) is 16.9 Å². The number of anilines is 1. The van der Waals surface area contributed by atoms with Crippen LogP contribution in [0.5, 0.6) is 5.75 Å². The molecule has 3 N–H and O–H groups in total. The number of amides is 2. The third-order valence-electron chi connectivity index (χ3n) is 4.19. The number of hydrogen-bond acceptors (Lipinski definition) is 4. The van der Waals surface area contributed by atoms with Gasteiger partial charge in [-0.15, -0.1) is 6.58 Å². The summed E-state index contributed by atoms with van der Waals surface area (Å²) in [6.45, 7) is 6.61. The van der Waals surface area contributed by atoms with E-state index in [4.69, 9.17) is 17.0 Å². The van der Waals surface area contributed by atoms with Crippen molar-refractivity contribution < 1.29 is 14.3 Å². The van der Waals surface area contributed by atoms with Crippen LogP contribution >= 0.6 is 12.2 Å². The minimum atomic E-state index is -0.382. The van der Waals surface area contributed by atoms with Gasteiger partial charge in [0, 0.05) is 6.54 Å². The molecule has 0 saturated carbocycles. The van der Waals surface area contributed by atoms with E-state index in [1.807, 2.05) is 6.07 Å². The molecule has 0 heterocycles. The summed E-state index contributed by atoms with van der Waals surface area (Å²) in [5, 5.41) is 8.38. The number of para-hydroxylation sites is 2. The standard InChI is InChI=1S/C23H27N3O3S/c1-3-5-10-16-29-20-14-9-7-12-18(20)22(28)26-23(30)25-19-13-8-6-11-17(19)21(27)24-15-4-2/h4,6-9,11-14H,2-3,5,10,15-16H2,1H3,(H,24,27)(H2,25,26,28,30). The molecule has 0 fully saturated rings. The molecule has 0 unspecified atom stereocenters. The Morgan fingerprint density at radius 3 is 2.47 bits per heavy atom. The second-order valence-electron chi connectivity index (χ2n) is 6.50. The fourth-order valence-corrected chi connectivity index (χ4v) is 2.89. The van der Waals surface area contributed by atoms with E-state index in [0.717, 1.165) is 19.3 Å². The van der Waals surface area contributed by atoms with Gasteiger partial charge in [0.25, 0.3) is 11.8 Å². The zero-order valence-electron chi connectivity index (χ0n) is 17.1. The number of ether oxygens (including phenoxy) is 1. The number of carbonyl (C=O) groups is 2. The van der Waals surface area contributed by atoms with E-state index in [2.05, 4.69) is 29.5 Å². The third kappa shape index (κ3) is 7.00. The molecule has 7 heteroatoms. The van der Waals surface area contributed by atoms with Gasteiger partial charge >= 0.3 is 0 Å². The van der Waals surface area contributed by atoms with Gasteiger partial charge in [-0.2, -0.15) is 0 Å². The molecule has 0 aromatic heterocycles. The molecule has 0 saturated heterocycles. The molecular weight excluding hydrogens is 398 g/mol. The van der Waals surface area contributed by atoms with E-state index in [0.29, 0.717) is 35.7 Å². The van der Waals surface area contributed by atoms with Crippen LogP contribution in [0.2, 0.25) is 0 Å². The fourth-order valence-electron chi connectivity index (χ4n) is 2.69. The molecule has 0 atom stereocenters. The molecule has 0 aliphatic rings. The van der Waals surface area contributed by atoms with Crippen molar-refractivity contribution in [3.05, 3.63) is 72.3 Å². The number of nitrogens with one attached hydrogen (secondary N) is 3. The van der Waals surface area contributed by atoms with Gasteiger partial charge in [0.05, 0.1) is 23.4 Å². The van der Waals surface area contributed by atoms with Crippen LogP contribution in [0, 0.1) is 0 Å². The van der Waals surface area contributed by atoms with Crippen LogP contribution in [0.4, 0.5) is 5.69 Å². The molecule has 0 aliphatic heterocycles. The second kappa shape index (κ2) is 12.4. The molecule has 2 aromatic carbocycles. The molecule has 158 valence electrons. The Bertz CT molecular complexity index is 899. The predicted molar refractivity (Wildman–Crippen MR) is 124 cm³/mol. The minimum absolute atomic E-state index is 0.0877. The summed E-state index contributed by atoms with van der Waals surface area (Å²) in [7, 11) is 0. The maximum Gasteiger partial charge on any atom is 0.261 e. The molecule has 2 rings (SSSR count). The molecule has 6 nitrogen and oxygen atoms in total. The van der Waals surface area contributed by atoms with E-state index in [1.54, 1.807) is 48.5 Å². The van der Waals surface area contributed by atoms with Crippen molar-refractivity contribution >= 4 is 34.8 Å². The number of benzene rings is 2. The zero-order chi connectivity index (χ0) is 21.8. The summed E-state index contributed by atoms with van der Waals surface area (Å²) in [5.41, 5.74) is 1.30. The topological polar surface area (TPSA) is 79.5 Å². The van der Waals surface area contributed by atoms with E-state index >= 15 is 0 Å². The van der Waals surface area contributed by atoms with Gasteiger partial charge in [0.1, 0.15) is 5.75 Å². The second-order valence-corrected chi connectivity index (χ2v) is 6.91. The maximum absolute atomic E-state index is 12.7. The van der Waals surface area contributed by atoms with E-state index in [9.17, 15) is 9.59 Å². The highest BCUT2D eigenvalue weighted by Crippen LogP contribution is 2.19. The molecule has 2 amide bonds. The predicted octanol–water partition coefficient (Wildman–Crippen LogP) is 4.30. The Kier molecular flexibility index (Phi) is 9.54. The van der Waals surface area contributed by atoms with Gasteiger partial charge in [-0.1, -0.05) is 50.1 Å². The fraction of sp³-hybridized carbons (Fsp3) is 0.261. The summed E-state index contributed by atoms with van der Waals surface area (Å²) in [5.74, 6) is -0.136. The Morgan fingerprint density at radius 1 is 1.03 bits per heavy atom. The lowest BCUT2D eigenvalue weighted by atomic mass is 10.1. The normalized spacial score (nSPS) is 10.0. The Hall–Kier alpha value is -3.19. The number of unbranched alkanes of at least 4 members (excludes halogenated alkanes) is 2. The van der Waals surface area contributed by atoms with Crippen LogP contribution in [-0.4, -0.2) is 30.1 Å². The molecule has 0 radical (unpaired) electrons. The first kappa shape index (κ1) is 23.1. The quantitative estimate of drug-likeness (QED) is 0.301. The van der Waals surface area contributed by atoms with Gasteiger partial charge in [-0.05, 0) is 42.9 Å². The average Bonchev–Trinajstić information content (AvgIpc) is 2.75. The minimum Gasteiger partial charge on any atom is -0.493 e. The van der Waals surface area contributed by atoms with Gasteiger partial charge in [0.15, 0.2) is 5.11 Å². The first-order valence-electron chi connectivity index (χ1n) is 9.89. The summed E-state index contributed by atoms with van der Waals surface area (Å²) in [4.78, 5) is 25.0. The monoisotopic (exact) mass is 425 g/mol. The lowest BCUT2D eigenvalue weighted by Crippen LogP contribution is -2.35. The molecule has 0 spiro atoms. The first-order chi connectivity index (χ1) is 14.6. The van der Waals surface area contributed by atoms with Crippen molar-refractivity contribution in [2.75, 3.05) is 18.5 Å². The Balaban J connectivity index is 2.03. The van der Waals surface area contributed by atoms with E-state index in [1.165, 1.54) is 0 Å². The van der Waals surface area contributed by atoms with Crippen molar-refractivity contribution in [2.45, 2.75) is 26.2 Å². The van der Waals surface area contributed by atoms with Crippen LogP contribution < -0.4 is 20.7 Å². The molecule has 2 aromatic rings. The van der Waals surface area contributed by atoms with Crippen LogP contribution in [0.15, 0.2) is 61.2 Å². The molecule has 0 aliphatic carbocycles. The molecular formula is C23H27N3O3S. The maximum atomic E-state index is 12.7. The largest absolute Gasteiger partial charge is 0.493 e. The van der Waals surface area contributed by atoms with Gasteiger partial charge < -0.3 is 15.4 Å². The highest BCUT2D eigenvalue weighted by molar-refractivity contribution is 7.80. The smallest absolute Gasteiger partial charge is 0.261 e. The Labute approximate surface area is 182 Å².